The summed E-state index contributed by atoms with van der Waals surface area (Å²) in [7, 11) is -3.93. The number of sulfonamides is 1. The summed E-state index contributed by atoms with van der Waals surface area (Å²) in [5, 5.41) is 2.38. The lowest BCUT2D eigenvalue weighted by Crippen LogP contribution is -2.41. The van der Waals surface area contributed by atoms with Crippen LogP contribution in [-0.2, 0) is 15.6 Å². The second-order valence-electron chi connectivity index (χ2n) is 4.50. The van der Waals surface area contributed by atoms with E-state index in [1.165, 1.54) is 29.5 Å². The maximum Gasteiger partial charge on any atom is 0.244 e. The van der Waals surface area contributed by atoms with Crippen molar-refractivity contribution in [3.63, 3.8) is 0 Å². The van der Waals surface area contributed by atoms with Crippen LogP contribution in [0.3, 0.4) is 0 Å². The number of aromatic nitrogens is 1. The molecular formula is C12H13FN2O2S2. The molecule has 1 N–H and O–H groups in total. The number of nitrogens with one attached hydrogen (secondary N) is 1. The van der Waals surface area contributed by atoms with Gasteiger partial charge < -0.3 is 0 Å². The van der Waals surface area contributed by atoms with Gasteiger partial charge in [0, 0.05) is 11.6 Å². The van der Waals surface area contributed by atoms with Crippen molar-refractivity contribution in [1.82, 2.24) is 9.71 Å². The molecule has 0 aliphatic rings. The molecule has 1 aromatic carbocycles. The summed E-state index contributed by atoms with van der Waals surface area (Å²) >= 11 is 1.34. The van der Waals surface area contributed by atoms with Crippen LogP contribution >= 0.6 is 11.3 Å². The van der Waals surface area contributed by atoms with E-state index in [1.807, 2.05) is 0 Å². The van der Waals surface area contributed by atoms with E-state index in [0.717, 1.165) is 6.07 Å². The summed E-state index contributed by atoms with van der Waals surface area (Å²) in [5.74, 6) is -0.773. The van der Waals surface area contributed by atoms with E-state index in [4.69, 9.17) is 0 Å². The maximum atomic E-state index is 13.6. The number of hydrogen-bond donors (Lipinski definition) is 1. The second-order valence-corrected chi connectivity index (χ2v) is 7.04. The van der Waals surface area contributed by atoms with Gasteiger partial charge in [0.2, 0.25) is 10.0 Å². The number of rotatable bonds is 4. The summed E-state index contributed by atoms with van der Waals surface area (Å²) in [4.78, 5) is 3.72. The van der Waals surface area contributed by atoms with Crippen molar-refractivity contribution in [2.24, 2.45) is 0 Å². The summed E-state index contributed by atoms with van der Waals surface area (Å²) in [6.45, 7) is 3.37. The molecule has 0 amide bonds. The van der Waals surface area contributed by atoms with Gasteiger partial charge in [-0.15, -0.1) is 11.3 Å². The third-order valence-electron chi connectivity index (χ3n) is 2.48. The van der Waals surface area contributed by atoms with Crippen LogP contribution in [0.2, 0.25) is 0 Å². The van der Waals surface area contributed by atoms with E-state index in [0.29, 0.717) is 5.01 Å². The predicted octanol–water partition coefficient (Wildman–Crippen LogP) is 2.50. The van der Waals surface area contributed by atoms with Crippen LogP contribution in [0, 0.1) is 5.82 Å². The van der Waals surface area contributed by atoms with E-state index >= 15 is 0 Å². The van der Waals surface area contributed by atoms with Crippen LogP contribution in [-0.4, -0.2) is 13.4 Å². The average molecular weight is 300 g/mol. The van der Waals surface area contributed by atoms with Crippen molar-refractivity contribution in [3.8, 4) is 0 Å². The number of thiazole rings is 1. The van der Waals surface area contributed by atoms with Crippen molar-refractivity contribution >= 4 is 21.4 Å². The first-order valence-electron chi connectivity index (χ1n) is 5.51. The van der Waals surface area contributed by atoms with E-state index in [9.17, 15) is 12.8 Å². The normalized spacial score (nSPS) is 12.6. The molecule has 2 aromatic rings. The Morgan fingerprint density at radius 2 is 2.00 bits per heavy atom. The van der Waals surface area contributed by atoms with Gasteiger partial charge in [0.15, 0.2) is 0 Å². The van der Waals surface area contributed by atoms with E-state index in [2.05, 4.69) is 9.71 Å². The standard InChI is InChI=1S/C12H13FN2O2S2/c1-12(2,11-14-7-8-18-11)15-19(16,17)10-6-4-3-5-9(10)13/h3-8,15H,1-2H3. The maximum absolute atomic E-state index is 13.6. The minimum atomic E-state index is -3.93. The van der Waals surface area contributed by atoms with Gasteiger partial charge in [0.05, 0.1) is 5.54 Å². The first-order valence-corrected chi connectivity index (χ1v) is 7.88. The highest BCUT2D eigenvalue weighted by atomic mass is 32.2. The molecule has 0 unspecified atom stereocenters. The summed E-state index contributed by atoms with van der Waals surface area (Å²) in [5.41, 5.74) is -0.894. The molecule has 0 spiro atoms. The van der Waals surface area contributed by atoms with Crippen molar-refractivity contribution < 1.29 is 12.8 Å². The Bertz CT molecular complexity index is 667. The van der Waals surface area contributed by atoms with Gasteiger partial charge in [-0.25, -0.2) is 17.8 Å². The molecule has 4 nitrogen and oxygen atoms in total. The Morgan fingerprint density at radius 1 is 1.32 bits per heavy atom. The van der Waals surface area contributed by atoms with Gasteiger partial charge in [-0.1, -0.05) is 12.1 Å². The van der Waals surface area contributed by atoms with E-state index in [1.54, 1.807) is 25.4 Å². The van der Waals surface area contributed by atoms with Crippen LogP contribution < -0.4 is 4.72 Å². The summed E-state index contributed by atoms with van der Waals surface area (Å²) < 4.78 is 40.4. The SMILES string of the molecule is CC(C)(NS(=O)(=O)c1ccccc1F)c1nccs1. The molecule has 2 rings (SSSR count). The number of hydrogen-bond acceptors (Lipinski definition) is 4. The largest absolute Gasteiger partial charge is 0.248 e. The highest BCUT2D eigenvalue weighted by Crippen LogP contribution is 2.25. The molecule has 102 valence electrons. The molecule has 19 heavy (non-hydrogen) atoms. The minimum Gasteiger partial charge on any atom is -0.248 e. The van der Waals surface area contributed by atoms with Crippen molar-refractivity contribution in [2.45, 2.75) is 24.3 Å². The van der Waals surface area contributed by atoms with Gasteiger partial charge in [-0.05, 0) is 26.0 Å². The molecule has 0 radical (unpaired) electrons. The van der Waals surface area contributed by atoms with Crippen LogP contribution in [0.5, 0.6) is 0 Å². The zero-order valence-corrected chi connectivity index (χ0v) is 12.1. The van der Waals surface area contributed by atoms with Crippen LogP contribution in [0.25, 0.3) is 0 Å². The lowest BCUT2D eigenvalue weighted by atomic mass is 10.1. The highest BCUT2D eigenvalue weighted by molar-refractivity contribution is 7.89. The molecule has 0 bridgehead atoms. The smallest absolute Gasteiger partial charge is 0.244 e. The fourth-order valence-corrected chi connectivity index (χ4v) is 3.87. The summed E-state index contributed by atoms with van der Waals surface area (Å²) in [6, 6.07) is 5.27. The average Bonchev–Trinajstić information content (AvgIpc) is 2.81. The fourth-order valence-electron chi connectivity index (χ4n) is 1.63. The number of halogens is 1. The first-order chi connectivity index (χ1) is 8.83. The Morgan fingerprint density at radius 3 is 2.58 bits per heavy atom. The number of benzene rings is 1. The molecule has 0 fully saturated rings. The Labute approximate surface area is 115 Å². The minimum absolute atomic E-state index is 0.361. The molecule has 0 aliphatic heterocycles. The molecule has 0 saturated carbocycles. The molecule has 0 saturated heterocycles. The molecule has 1 heterocycles. The van der Waals surface area contributed by atoms with Crippen molar-refractivity contribution in [1.29, 1.82) is 0 Å². The monoisotopic (exact) mass is 300 g/mol. The third-order valence-corrected chi connectivity index (χ3v) is 5.27. The molecule has 7 heteroatoms. The quantitative estimate of drug-likeness (QED) is 0.943. The van der Waals surface area contributed by atoms with Crippen LogP contribution in [0.15, 0.2) is 40.7 Å². The van der Waals surface area contributed by atoms with E-state index < -0.39 is 21.4 Å². The first kappa shape index (κ1) is 14.1. The highest BCUT2D eigenvalue weighted by Gasteiger charge is 2.31. The molecular weight excluding hydrogens is 287 g/mol. The zero-order chi connectivity index (χ0) is 14.1. The van der Waals surface area contributed by atoms with Crippen molar-refractivity contribution in [2.75, 3.05) is 0 Å². The van der Waals surface area contributed by atoms with Crippen molar-refractivity contribution in [3.05, 3.63) is 46.7 Å². The fraction of sp³-hybridized carbons (Fsp3) is 0.250. The van der Waals surface area contributed by atoms with Gasteiger partial charge in [-0.3, -0.25) is 0 Å². The Hall–Kier alpha value is -1.31. The molecule has 1 aromatic heterocycles. The number of nitrogens with zero attached hydrogens (tertiary/aromatic N) is 1. The van der Waals surface area contributed by atoms with E-state index in [-0.39, 0.29) is 4.90 Å². The van der Waals surface area contributed by atoms with Gasteiger partial charge >= 0.3 is 0 Å². The van der Waals surface area contributed by atoms with Gasteiger partial charge in [-0.2, -0.15) is 4.72 Å². The van der Waals surface area contributed by atoms with Gasteiger partial charge in [0.25, 0.3) is 0 Å². The molecule has 0 atom stereocenters. The van der Waals surface area contributed by atoms with Gasteiger partial charge in [0.1, 0.15) is 15.7 Å². The Balaban J connectivity index is 2.35. The lowest BCUT2D eigenvalue weighted by molar-refractivity contribution is 0.466. The lowest BCUT2D eigenvalue weighted by Gasteiger charge is -2.23. The molecule has 0 aliphatic carbocycles. The second kappa shape index (κ2) is 4.99. The Kier molecular flexibility index (Phi) is 3.71. The predicted molar refractivity (Wildman–Crippen MR) is 71.9 cm³/mol. The summed E-state index contributed by atoms with van der Waals surface area (Å²) in [6.07, 6.45) is 1.60. The topological polar surface area (TPSA) is 59.1 Å². The van der Waals surface area contributed by atoms with Crippen LogP contribution in [0.1, 0.15) is 18.9 Å². The van der Waals surface area contributed by atoms with Crippen LogP contribution in [0.4, 0.5) is 4.39 Å². The zero-order valence-electron chi connectivity index (χ0n) is 10.4. The third kappa shape index (κ3) is 2.99.